The number of aromatic carboxylic acids is 1. The molecule has 2 aromatic rings. The van der Waals surface area contributed by atoms with E-state index in [1.54, 1.807) is 0 Å². The molecule has 2 aliphatic rings. The normalized spacial score (nSPS) is 10.2. The standard InChI is InChI=1S/C22H15NO6.2H3N/c1-23-21(26)11-2-5-14(17(8-11)22(27)28)20-15-6-3-12(24)9-18(15)29-19-10-13(25)4-7-16(19)20;;/h2-10,24H,1H3,(H,23,26)(H,27,28);2*1H3. The fourth-order valence-electron chi connectivity index (χ4n) is 3.36. The number of rotatable bonds is 3. The molecule has 0 saturated heterocycles. The molecule has 0 fully saturated rings. The van der Waals surface area contributed by atoms with Crippen LogP contribution in [0.4, 0.5) is 0 Å². The molecule has 1 heterocycles. The van der Waals surface area contributed by atoms with Crippen molar-refractivity contribution in [2.24, 2.45) is 0 Å². The second-order valence-corrected chi connectivity index (χ2v) is 6.42. The number of carbonyl (C=O) groups is 2. The SMILES string of the molecule is CNC(=O)c1ccc(-c2c3ccc(=O)cc-3oc3cc([O-])ccc23)c(C(=O)[O-])c1.[NH4+].[NH4+]. The van der Waals surface area contributed by atoms with Gasteiger partial charge in [-0.2, -0.15) is 0 Å². The molecule has 0 unspecified atom stereocenters. The van der Waals surface area contributed by atoms with Crippen molar-refractivity contribution in [2.45, 2.75) is 0 Å². The highest BCUT2D eigenvalue weighted by atomic mass is 16.4. The summed E-state index contributed by atoms with van der Waals surface area (Å²) < 4.78 is 5.72. The van der Waals surface area contributed by atoms with Gasteiger partial charge in [-0.1, -0.05) is 18.2 Å². The molecule has 0 aromatic heterocycles. The number of hydrogen-bond donors (Lipinski definition) is 3. The number of amides is 1. The van der Waals surface area contributed by atoms with Crippen LogP contribution in [0.25, 0.3) is 33.4 Å². The molecule has 0 radical (unpaired) electrons. The Bertz CT molecular complexity index is 1330. The lowest BCUT2D eigenvalue weighted by Gasteiger charge is -2.19. The zero-order chi connectivity index (χ0) is 20.7. The predicted octanol–water partition coefficient (Wildman–Crippen LogP) is 2.11. The highest BCUT2D eigenvalue weighted by Crippen LogP contribution is 2.41. The van der Waals surface area contributed by atoms with Crippen LogP contribution in [-0.2, 0) is 0 Å². The topological polar surface area (TPSA) is 196 Å². The molecule has 0 spiro atoms. The van der Waals surface area contributed by atoms with Crippen LogP contribution in [-0.4, -0.2) is 18.9 Å². The number of nitrogens with one attached hydrogen (secondary N) is 1. The number of carbonyl (C=O) groups excluding carboxylic acids is 2. The number of hydrogen-bond acceptors (Lipinski definition) is 6. The molecular weight excluding hydrogens is 402 g/mol. The number of carboxylic acids is 1. The quantitative estimate of drug-likeness (QED) is 0.422. The molecule has 1 aliphatic heterocycles. The van der Waals surface area contributed by atoms with Crippen LogP contribution in [0.2, 0.25) is 0 Å². The van der Waals surface area contributed by atoms with Crippen LogP contribution in [0, 0.1) is 0 Å². The van der Waals surface area contributed by atoms with Crippen molar-refractivity contribution in [2.75, 3.05) is 7.05 Å². The summed E-state index contributed by atoms with van der Waals surface area (Å²) in [5.41, 5.74) is 1.12. The molecule has 2 aromatic carbocycles. The van der Waals surface area contributed by atoms with Crippen LogP contribution < -0.4 is 33.3 Å². The Morgan fingerprint density at radius 2 is 1.65 bits per heavy atom. The maximum absolute atomic E-state index is 11.9. The lowest BCUT2D eigenvalue weighted by atomic mass is 9.90. The third kappa shape index (κ3) is 3.95. The van der Waals surface area contributed by atoms with Gasteiger partial charge >= 0.3 is 0 Å². The first-order valence-corrected chi connectivity index (χ1v) is 8.64. The van der Waals surface area contributed by atoms with E-state index in [1.807, 2.05) is 0 Å². The molecule has 4 rings (SSSR count). The largest absolute Gasteiger partial charge is 0.872 e. The van der Waals surface area contributed by atoms with E-state index in [4.69, 9.17) is 4.42 Å². The van der Waals surface area contributed by atoms with Crippen molar-refractivity contribution in [3.8, 4) is 28.2 Å². The van der Waals surface area contributed by atoms with E-state index in [1.165, 1.54) is 61.6 Å². The molecule has 1 amide bonds. The minimum Gasteiger partial charge on any atom is -0.872 e. The zero-order valence-corrected chi connectivity index (χ0v) is 17.1. The molecule has 9 heteroatoms. The Morgan fingerprint density at radius 1 is 0.935 bits per heavy atom. The van der Waals surface area contributed by atoms with Crippen molar-refractivity contribution >= 4 is 22.8 Å². The minimum atomic E-state index is -1.46. The highest BCUT2D eigenvalue weighted by Gasteiger charge is 2.20. The first kappa shape index (κ1) is 23.1. The number of quaternary nitrogens is 2. The van der Waals surface area contributed by atoms with Gasteiger partial charge in [0.2, 0.25) is 0 Å². The molecule has 0 atom stereocenters. The average Bonchev–Trinajstić information content (AvgIpc) is 2.70. The molecule has 160 valence electrons. The monoisotopic (exact) mass is 423 g/mol. The van der Waals surface area contributed by atoms with E-state index in [2.05, 4.69) is 5.32 Å². The van der Waals surface area contributed by atoms with Gasteiger partial charge in [-0.3, -0.25) is 9.59 Å². The summed E-state index contributed by atoms with van der Waals surface area (Å²) in [7, 11) is 1.44. The van der Waals surface area contributed by atoms with Gasteiger partial charge in [-0.15, -0.1) is 5.75 Å². The van der Waals surface area contributed by atoms with Gasteiger partial charge in [0.05, 0.1) is 5.97 Å². The maximum Gasteiger partial charge on any atom is 0.251 e. The van der Waals surface area contributed by atoms with Crippen molar-refractivity contribution < 1.29 is 24.2 Å². The van der Waals surface area contributed by atoms with Crippen LogP contribution in [0.15, 0.2) is 63.8 Å². The molecule has 9 nitrogen and oxygen atoms in total. The van der Waals surface area contributed by atoms with Crippen molar-refractivity contribution in [1.82, 2.24) is 17.6 Å². The van der Waals surface area contributed by atoms with Crippen molar-refractivity contribution in [3.05, 3.63) is 75.9 Å². The smallest absolute Gasteiger partial charge is 0.251 e. The molecule has 0 saturated carbocycles. The molecule has 31 heavy (non-hydrogen) atoms. The van der Waals surface area contributed by atoms with Gasteiger partial charge in [0.1, 0.15) is 11.3 Å². The predicted molar refractivity (Wildman–Crippen MR) is 114 cm³/mol. The highest BCUT2D eigenvalue weighted by molar-refractivity contribution is 6.08. The Balaban J connectivity index is 0.00000171. The van der Waals surface area contributed by atoms with E-state index in [0.29, 0.717) is 16.5 Å². The Kier molecular flexibility index (Phi) is 6.44. The lowest BCUT2D eigenvalue weighted by Crippen LogP contribution is -2.25. The molecule has 0 bridgehead atoms. The van der Waals surface area contributed by atoms with E-state index in [9.17, 15) is 24.6 Å². The van der Waals surface area contributed by atoms with Gasteiger partial charge in [0, 0.05) is 40.8 Å². The molecular formula is C22H21N3O6. The summed E-state index contributed by atoms with van der Waals surface area (Å²) in [6, 6.07) is 12.5. The zero-order valence-electron chi connectivity index (χ0n) is 17.1. The van der Waals surface area contributed by atoms with Gasteiger partial charge < -0.3 is 37.0 Å². The van der Waals surface area contributed by atoms with E-state index >= 15 is 0 Å². The summed E-state index contributed by atoms with van der Waals surface area (Å²) in [5.74, 6) is -1.98. The first-order chi connectivity index (χ1) is 13.9. The van der Waals surface area contributed by atoms with Gasteiger partial charge in [0.25, 0.3) is 5.91 Å². The van der Waals surface area contributed by atoms with Crippen LogP contribution >= 0.6 is 0 Å². The van der Waals surface area contributed by atoms with Crippen LogP contribution in [0.5, 0.6) is 5.75 Å². The Morgan fingerprint density at radius 3 is 2.32 bits per heavy atom. The summed E-state index contributed by atoms with van der Waals surface area (Å²) in [6.45, 7) is 0. The summed E-state index contributed by atoms with van der Waals surface area (Å²) in [5, 5.41) is 26.6. The van der Waals surface area contributed by atoms with Crippen LogP contribution in [0.1, 0.15) is 20.7 Å². The van der Waals surface area contributed by atoms with Crippen molar-refractivity contribution in [3.63, 3.8) is 0 Å². The lowest BCUT2D eigenvalue weighted by molar-refractivity contribution is -0.268. The number of fused-ring (bicyclic) bond motifs is 2. The summed E-state index contributed by atoms with van der Waals surface area (Å²) in [4.78, 5) is 35.6. The van der Waals surface area contributed by atoms with Gasteiger partial charge in [-0.25, -0.2) is 0 Å². The molecule has 1 aliphatic carbocycles. The second-order valence-electron chi connectivity index (χ2n) is 6.42. The third-order valence-corrected chi connectivity index (χ3v) is 4.66. The Hall–Kier alpha value is -4.21. The number of benzene rings is 3. The van der Waals surface area contributed by atoms with E-state index in [-0.39, 0.29) is 51.5 Å². The third-order valence-electron chi connectivity index (χ3n) is 4.66. The summed E-state index contributed by atoms with van der Waals surface area (Å²) >= 11 is 0. The van der Waals surface area contributed by atoms with Crippen LogP contribution in [0.3, 0.4) is 0 Å². The average molecular weight is 423 g/mol. The first-order valence-electron chi connectivity index (χ1n) is 8.64. The fraction of sp³-hybridized carbons (Fsp3) is 0.0455. The van der Waals surface area contributed by atoms with Crippen molar-refractivity contribution in [1.29, 1.82) is 0 Å². The fourth-order valence-corrected chi connectivity index (χ4v) is 3.36. The second kappa shape index (κ2) is 8.66. The molecule has 9 N–H and O–H groups in total. The Labute approximate surface area is 176 Å². The van der Waals surface area contributed by atoms with E-state index < -0.39 is 11.9 Å². The number of carboxylic acid groups (broad SMARTS) is 1. The minimum absolute atomic E-state index is 0. The summed E-state index contributed by atoms with van der Waals surface area (Å²) in [6.07, 6.45) is 0. The van der Waals surface area contributed by atoms with E-state index in [0.717, 1.165) is 0 Å². The van der Waals surface area contributed by atoms with Gasteiger partial charge in [-0.05, 0) is 35.9 Å². The van der Waals surface area contributed by atoms with Gasteiger partial charge in [0.15, 0.2) is 5.43 Å². The maximum atomic E-state index is 11.9.